The molecule has 0 radical (unpaired) electrons. The molecule has 82 valence electrons. The van der Waals surface area contributed by atoms with E-state index in [9.17, 15) is 0 Å². The molecular weight excluding hydrogens is 212 g/mol. The number of fused-ring (bicyclic) bond motifs is 4. The van der Waals surface area contributed by atoms with Crippen LogP contribution < -0.4 is 0 Å². The van der Waals surface area contributed by atoms with Crippen LogP contribution in [0.1, 0.15) is 5.82 Å². The topological polar surface area (TPSA) is 46.0 Å². The van der Waals surface area contributed by atoms with Crippen LogP contribution in [0.5, 0.6) is 0 Å². The Bertz CT molecular complexity index is 854. The zero-order valence-electron chi connectivity index (χ0n) is 9.31. The summed E-state index contributed by atoms with van der Waals surface area (Å²) in [6.07, 6.45) is 2.02. The first kappa shape index (κ1) is 8.75. The maximum absolute atomic E-state index is 4.59. The second-order valence-corrected chi connectivity index (χ2v) is 4.22. The zero-order chi connectivity index (χ0) is 11.4. The van der Waals surface area contributed by atoms with E-state index in [-0.39, 0.29) is 0 Å². The van der Waals surface area contributed by atoms with Crippen molar-refractivity contribution in [2.45, 2.75) is 6.92 Å². The standard InChI is InChI=1S/C13H10N4/c1-8-14-9-6-11-12(7-10(9)15-8)17-5-3-2-4-13(17)16-11/h2-7H,1H3,(H,14,15). The molecule has 1 aromatic carbocycles. The maximum atomic E-state index is 4.59. The first-order valence-corrected chi connectivity index (χ1v) is 5.54. The molecule has 4 aromatic rings. The van der Waals surface area contributed by atoms with Gasteiger partial charge in [0.15, 0.2) is 0 Å². The fourth-order valence-corrected chi connectivity index (χ4v) is 2.30. The minimum absolute atomic E-state index is 0.932. The maximum Gasteiger partial charge on any atom is 0.137 e. The van der Waals surface area contributed by atoms with E-state index in [1.165, 1.54) is 0 Å². The smallest absolute Gasteiger partial charge is 0.137 e. The average Bonchev–Trinajstić information content (AvgIpc) is 2.84. The molecule has 0 aliphatic rings. The molecule has 0 fully saturated rings. The minimum atomic E-state index is 0.932. The molecule has 0 aliphatic carbocycles. The van der Waals surface area contributed by atoms with Crippen molar-refractivity contribution in [2.24, 2.45) is 0 Å². The third-order valence-electron chi connectivity index (χ3n) is 3.03. The van der Waals surface area contributed by atoms with Crippen molar-refractivity contribution >= 4 is 27.7 Å². The van der Waals surface area contributed by atoms with Gasteiger partial charge in [0.05, 0.1) is 22.1 Å². The minimum Gasteiger partial charge on any atom is -0.342 e. The van der Waals surface area contributed by atoms with Crippen molar-refractivity contribution < 1.29 is 0 Å². The molecule has 0 atom stereocenters. The summed E-state index contributed by atoms with van der Waals surface area (Å²) in [5.41, 5.74) is 5.08. The van der Waals surface area contributed by atoms with Crippen LogP contribution >= 0.6 is 0 Å². The largest absolute Gasteiger partial charge is 0.342 e. The van der Waals surface area contributed by atoms with E-state index in [4.69, 9.17) is 0 Å². The Kier molecular flexibility index (Phi) is 1.47. The fraction of sp³-hybridized carbons (Fsp3) is 0.0769. The highest BCUT2D eigenvalue weighted by atomic mass is 15.0. The van der Waals surface area contributed by atoms with Gasteiger partial charge in [-0.05, 0) is 31.2 Å². The summed E-state index contributed by atoms with van der Waals surface area (Å²) in [7, 11) is 0. The fourth-order valence-electron chi connectivity index (χ4n) is 2.30. The van der Waals surface area contributed by atoms with Gasteiger partial charge in [-0.2, -0.15) is 0 Å². The highest BCUT2D eigenvalue weighted by molar-refractivity contribution is 5.93. The van der Waals surface area contributed by atoms with Crippen molar-refractivity contribution in [3.8, 4) is 0 Å². The molecule has 0 saturated carbocycles. The predicted molar refractivity (Wildman–Crippen MR) is 67.1 cm³/mol. The summed E-state index contributed by atoms with van der Waals surface area (Å²) in [5, 5.41) is 0. The Morgan fingerprint density at radius 2 is 2.06 bits per heavy atom. The Morgan fingerprint density at radius 3 is 3.00 bits per heavy atom. The van der Waals surface area contributed by atoms with Crippen LogP contribution in [0, 0.1) is 6.92 Å². The molecule has 4 heteroatoms. The van der Waals surface area contributed by atoms with E-state index in [1.54, 1.807) is 0 Å². The lowest BCUT2D eigenvalue weighted by Crippen LogP contribution is -1.81. The van der Waals surface area contributed by atoms with Gasteiger partial charge in [0, 0.05) is 6.20 Å². The lowest BCUT2D eigenvalue weighted by atomic mass is 10.3. The Balaban J connectivity index is 2.26. The first-order chi connectivity index (χ1) is 8.31. The molecular formula is C13H10N4. The van der Waals surface area contributed by atoms with Crippen LogP contribution in [0.4, 0.5) is 0 Å². The van der Waals surface area contributed by atoms with Gasteiger partial charge >= 0.3 is 0 Å². The van der Waals surface area contributed by atoms with Crippen molar-refractivity contribution in [1.29, 1.82) is 0 Å². The Hall–Kier alpha value is -2.36. The number of aromatic nitrogens is 4. The van der Waals surface area contributed by atoms with E-state index in [2.05, 4.69) is 31.5 Å². The van der Waals surface area contributed by atoms with E-state index in [0.717, 1.165) is 33.5 Å². The van der Waals surface area contributed by atoms with Gasteiger partial charge in [-0.1, -0.05) is 6.07 Å². The van der Waals surface area contributed by atoms with Gasteiger partial charge in [0.25, 0.3) is 0 Å². The number of pyridine rings is 1. The third-order valence-corrected chi connectivity index (χ3v) is 3.03. The van der Waals surface area contributed by atoms with E-state index in [1.807, 2.05) is 31.3 Å². The molecule has 1 N–H and O–H groups in total. The number of H-pyrrole nitrogens is 1. The van der Waals surface area contributed by atoms with Crippen LogP contribution in [0.3, 0.4) is 0 Å². The second kappa shape index (κ2) is 2.85. The van der Waals surface area contributed by atoms with E-state index >= 15 is 0 Å². The van der Waals surface area contributed by atoms with Crippen LogP contribution in [0.25, 0.3) is 27.7 Å². The lowest BCUT2D eigenvalue weighted by molar-refractivity contribution is 1.17. The molecule has 0 spiro atoms. The molecule has 0 bridgehead atoms. The Labute approximate surface area is 96.9 Å². The highest BCUT2D eigenvalue weighted by Crippen LogP contribution is 2.22. The summed E-state index contributed by atoms with van der Waals surface area (Å²) in [6.45, 7) is 1.96. The quantitative estimate of drug-likeness (QED) is 0.497. The van der Waals surface area contributed by atoms with Gasteiger partial charge in [0.2, 0.25) is 0 Å². The summed E-state index contributed by atoms with van der Waals surface area (Å²) in [6, 6.07) is 10.1. The number of imidazole rings is 2. The molecule has 0 unspecified atom stereocenters. The van der Waals surface area contributed by atoms with E-state index in [0.29, 0.717) is 0 Å². The van der Waals surface area contributed by atoms with Crippen molar-refractivity contribution in [2.75, 3.05) is 0 Å². The molecule has 3 heterocycles. The van der Waals surface area contributed by atoms with Gasteiger partial charge in [-0.15, -0.1) is 0 Å². The molecule has 0 amide bonds. The number of nitrogens with zero attached hydrogens (tertiary/aromatic N) is 3. The summed E-state index contributed by atoms with van der Waals surface area (Å²) < 4.78 is 2.08. The van der Waals surface area contributed by atoms with Gasteiger partial charge in [0.1, 0.15) is 11.5 Å². The number of aryl methyl sites for hydroxylation is 1. The Morgan fingerprint density at radius 1 is 1.12 bits per heavy atom. The normalized spacial score (nSPS) is 11.8. The molecule has 0 aliphatic heterocycles. The molecule has 4 rings (SSSR count). The van der Waals surface area contributed by atoms with Crippen molar-refractivity contribution in [3.05, 3.63) is 42.4 Å². The molecule has 3 aromatic heterocycles. The first-order valence-electron chi connectivity index (χ1n) is 5.54. The predicted octanol–water partition coefficient (Wildman–Crippen LogP) is 2.67. The van der Waals surface area contributed by atoms with Crippen LogP contribution in [0.15, 0.2) is 36.5 Å². The third kappa shape index (κ3) is 1.12. The van der Waals surface area contributed by atoms with Gasteiger partial charge in [-0.25, -0.2) is 9.97 Å². The van der Waals surface area contributed by atoms with Crippen LogP contribution in [0.2, 0.25) is 0 Å². The number of rotatable bonds is 0. The summed E-state index contributed by atoms with van der Waals surface area (Å²) >= 11 is 0. The molecule has 0 saturated heterocycles. The number of aromatic amines is 1. The number of benzene rings is 1. The highest BCUT2D eigenvalue weighted by Gasteiger charge is 2.07. The van der Waals surface area contributed by atoms with Crippen molar-refractivity contribution in [1.82, 2.24) is 19.4 Å². The average molecular weight is 222 g/mol. The monoisotopic (exact) mass is 222 g/mol. The second-order valence-electron chi connectivity index (χ2n) is 4.22. The van der Waals surface area contributed by atoms with Crippen LogP contribution in [-0.2, 0) is 0 Å². The lowest BCUT2D eigenvalue weighted by Gasteiger charge is -1.93. The summed E-state index contributed by atoms with van der Waals surface area (Å²) in [4.78, 5) is 12.3. The van der Waals surface area contributed by atoms with E-state index < -0.39 is 0 Å². The summed E-state index contributed by atoms with van der Waals surface area (Å²) in [5.74, 6) is 0.932. The van der Waals surface area contributed by atoms with Gasteiger partial charge < -0.3 is 4.98 Å². The number of nitrogens with one attached hydrogen (secondary N) is 1. The SMILES string of the molecule is Cc1nc2cc3c(cc2[nH]1)nc1ccccn13. The number of hydrogen-bond donors (Lipinski definition) is 1. The van der Waals surface area contributed by atoms with Crippen molar-refractivity contribution in [3.63, 3.8) is 0 Å². The molecule has 17 heavy (non-hydrogen) atoms. The zero-order valence-corrected chi connectivity index (χ0v) is 9.31. The van der Waals surface area contributed by atoms with Crippen LogP contribution in [-0.4, -0.2) is 19.4 Å². The number of hydrogen-bond acceptors (Lipinski definition) is 2. The van der Waals surface area contributed by atoms with Gasteiger partial charge in [-0.3, -0.25) is 4.40 Å². The molecule has 4 nitrogen and oxygen atoms in total.